The lowest BCUT2D eigenvalue weighted by atomic mass is 9.84. The van der Waals surface area contributed by atoms with E-state index in [2.05, 4.69) is 35.0 Å². The van der Waals surface area contributed by atoms with Gasteiger partial charge >= 0.3 is 0 Å². The summed E-state index contributed by atoms with van der Waals surface area (Å²) in [7, 11) is 0. The standard InChI is InChI=1S/C17H23N3/c1-11(18)2-3-12-4-5-15-14(10-12)16-13-6-8-20(9-7-13)17(16)19-15/h4-5,10-11,13,19H,2-3,6-9,18H2,1H3. The summed E-state index contributed by atoms with van der Waals surface area (Å²) in [5.41, 5.74) is 10.2. The van der Waals surface area contributed by atoms with E-state index >= 15 is 0 Å². The Morgan fingerprint density at radius 1 is 1.35 bits per heavy atom. The molecule has 20 heavy (non-hydrogen) atoms. The molecule has 5 rings (SSSR count). The second-order valence-electron chi connectivity index (χ2n) is 6.54. The van der Waals surface area contributed by atoms with E-state index in [1.54, 1.807) is 5.56 Å². The SMILES string of the molecule is CC(N)CCc1ccc2[nH]c3c(c2c1)C1CCN3CC1. The number of H-pyrrole nitrogens is 1. The minimum Gasteiger partial charge on any atom is -0.358 e. The van der Waals surface area contributed by atoms with Crippen molar-refractivity contribution in [3.63, 3.8) is 0 Å². The lowest BCUT2D eigenvalue weighted by molar-refractivity contribution is 0.475. The quantitative estimate of drug-likeness (QED) is 0.899. The smallest absolute Gasteiger partial charge is 0.110 e. The molecule has 1 fully saturated rings. The third-order valence-electron chi connectivity index (χ3n) is 4.99. The number of nitrogens with one attached hydrogen (secondary N) is 1. The van der Waals surface area contributed by atoms with Crippen molar-refractivity contribution < 1.29 is 0 Å². The van der Waals surface area contributed by atoms with E-state index in [1.165, 1.54) is 48.2 Å². The number of rotatable bonds is 3. The first-order valence-electron chi connectivity index (χ1n) is 7.87. The van der Waals surface area contributed by atoms with Crippen LogP contribution in [0, 0.1) is 0 Å². The summed E-state index contributed by atoms with van der Waals surface area (Å²) in [6.45, 7) is 4.53. The Hall–Kier alpha value is -1.48. The van der Waals surface area contributed by atoms with E-state index in [0.717, 1.165) is 18.8 Å². The third-order valence-corrected chi connectivity index (χ3v) is 4.99. The molecule has 1 saturated heterocycles. The first kappa shape index (κ1) is 12.3. The molecule has 2 aromatic rings. The average Bonchev–Trinajstić information content (AvgIpc) is 2.87. The van der Waals surface area contributed by atoms with Crippen LogP contribution in [-0.2, 0) is 6.42 Å². The summed E-state index contributed by atoms with van der Waals surface area (Å²) in [5, 5.41) is 1.46. The molecule has 1 atom stereocenters. The third kappa shape index (κ3) is 1.84. The van der Waals surface area contributed by atoms with Crippen LogP contribution in [-0.4, -0.2) is 24.1 Å². The Bertz CT molecular complexity index is 633. The molecule has 0 spiro atoms. The van der Waals surface area contributed by atoms with Crippen molar-refractivity contribution in [2.45, 2.75) is 44.6 Å². The molecule has 0 aliphatic carbocycles. The van der Waals surface area contributed by atoms with Crippen LogP contribution in [0.1, 0.15) is 43.2 Å². The zero-order valence-electron chi connectivity index (χ0n) is 12.2. The summed E-state index contributed by atoms with van der Waals surface area (Å²) in [6.07, 6.45) is 4.80. The molecule has 3 aliphatic heterocycles. The fraction of sp³-hybridized carbons (Fsp3) is 0.529. The van der Waals surface area contributed by atoms with E-state index < -0.39 is 0 Å². The highest BCUT2D eigenvalue weighted by atomic mass is 15.2. The van der Waals surface area contributed by atoms with E-state index in [-0.39, 0.29) is 6.04 Å². The van der Waals surface area contributed by atoms with Gasteiger partial charge in [-0.25, -0.2) is 0 Å². The van der Waals surface area contributed by atoms with Crippen LogP contribution in [0.2, 0.25) is 0 Å². The van der Waals surface area contributed by atoms with Crippen molar-refractivity contribution in [2.24, 2.45) is 5.73 Å². The highest BCUT2D eigenvalue weighted by molar-refractivity contribution is 5.91. The topological polar surface area (TPSA) is 45.1 Å². The molecule has 106 valence electrons. The van der Waals surface area contributed by atoms with Gasteiger partial charge in [0.2, 0.25) is 0 Å². The number of aromatic amines is 1. The van der Waals surface area contributed by atoms with Crippen LogP contribution < -0.4 is 10.6 Å². The number of aromatic nitrogens is 1. The van der Waals surface area contributed by atoms with E-state index in [4.69, 9.17) is 5.73 Å². The second-order valence-corrected chi connectivity index (χ2v) is 6.54. The number of piperidine rings is 1. The molecular formula is C17H23N3. The van der Waals surface area contributed by atoms with Gasteiger partial charge in [-0.3, -0.25) is 0 Å². The van der Waals surface area contributed by atoms with Gasteiger partial charge in [0, 0.05) is 35.6 Å². The Morgan fingerprint density at radius 3 is 2.90 bits per heavy atom. The summed E-state index contributed by atoms with van der Waals surface area (Å²) in [6, 6.07) is 7.19. The van der Waals surface area contributed by atoms with Gasteiger partial charge in [0.1, 0.15) is 5.82 Å². The second kappa shape index (κ2) is 4.52. The van der Waals surface area contributed by atoms with Crippen molar-refractivity contribution >= 4 is 16.7 Å². The van der Waals surface area contributed by atoms with Gasteiger partial charge in [0.15, 0.2) is 0 Å². The Labute approximate surface area is 120 Å². The van der Waals surface area contributed by atoms with Crippen LogP contribution in [0.25, 0.3) is 10.9 Å². The number of benzene rings is 1. The van der Waals surface area contributed by atoms with Crippen molar-refractivity contribution in [1.29, 1.82) is 0 Å². The Morgan fingerprint density at radius 2 is 2.15 bits per heavy atom. The molecule has 1 aromatic heterocycles. The van der Waals surface area contributed by atoms with E-state index in [1.807, 2.05) is 0 Å². The summed E-state index contributed by atoms with van der Waals surface area (Å²) in [4.78, 5) is 6.17. The highest BCUT2D eigenvalue weighted by Gasteiger charge is 2.33. The minimum absolute atomic E-state index is 0.285. The minimum atomic E-state index is 0.285. The highest BCUT2D eigenvalue weighted by Crippen LogP contribution is 2.45. The number of anilines is 1. The van der Waals surface area contributed by atoms with Gasteiger partial charge < -0.3 is 15.6 Å². The predicted octanol–water partition coefficient (Wildman–Crippen LogP) is 3.15. The number of nitrogens with zero attached hydrogens (tertiary/aromatic N) is 1. The monoisotopic (exact) mass is 269 g/mol. The molecule has 0 saturated carbocycles. The van der Waals surface area contributed by atoms with Crippen molar-refractivity contribution in [1.82, 2.24) is 4.98 Å². The van der Waals surface area contributed by atoms with Gasteiger partial charge in [0.25, 0.3) is 0 Å². The molecule has 0 radical (unpaired) electrons. The molecule has 1 unspecified atom stereocenters. The van der Waals surface area contributed by atoms with Crippen molar-refractivity contribution in [2.75, 3.05) is 18.0 Å². The lowest BCUT2D eigenvalue weighted by Crippen LogP contribution is -2.38. The molecule has 2 bridgehead atoms. The molecule has 3 nitrogen and oxygen atoms in total. The average molecular weight is 269 g/mol. The largest absolute Gasteiger partial charge is 0.358 e. The molecule has 3 aliphatic rings. The van der Waals surface area contributed by atoms with Crippen LogP contribution >= 0.6 is 0 Å². The fourth-order valence-electron chi connectivity index (χ4n) is 3.85. The van der Waals surface area contributed by atoms with E-state index in [0.29, 0.717) is 0 Å². The van der Waals surface area contributed by atoms with Crippen LogP contribution in [0.15, 0.2) is 18.2 Å². The maximum absolute atomic E-state index is 5.88. The molecule has 1 aromatic carbocycles. The summed E-state index contributed by atoms with van der Waals surface area (Å²) >= 11 is 0. The van der Waals surface area contributed by atoms with Crippen LogP contribution in [0.4, 0.5) is 5.82 Å². The molecule has 3 heteroatoms. The van der Waals surface area contributed by atoms with Crippen molar-refractivity contribution in [3.05, 3.63) is 29.3 Å². The number of nitrogens with two attached hydrogens (primary N) is 1. The number of hydrogen-bond acceptors (Lipinski definition) is 2. The normalized spacial score (nSPS) is 19.6. The van der Waals surface area contributed by atoms with Gasteiger partial charge in [-0.1, -0.05) is 6.07 Å². The first-order chi connectivity index (χ1) is 9.72. The summed E-state index contributed by atoms with van der Waals surface area (Å²) in [5.74, 6) is 2.17. The fourth-order valence-corrected chi connectivity index (χ4v) is 3.85. The van der Waals surface area contributed by atoms with Crippen LogP contribution in [0.5, 0.6) is 0 Å². The maximum atomic E-state index is 5.88. The Balaban J connectivity index is 1.76. The van der Waals surface area contributed by atoms with Gasteiger partial charge in [-0.05, 0) is 56.2 Å². The van der Waals surface area contributed by atoms with E-state index in [9.17, 15) is 0 Å². The molecular weight excluding hydrogens is 246 g/mol. The number of aryl methyl sites for hydroxylation is 1. The number of fused-ring (bicyclic) bond motifs is 3. The van der Waals surface area contributed by atoms with Gasteiger partial charge in [-0.2, -0.15) is 0 Å². The zero-order valence-corrected chi connectivity index (χ0v) is 12.2. The summed E-state index contributed by atoms with van der Waals surface area (Å²) < 4.78 is 0. The molecule has 4 heterocycles. The van der Waals surface area contributed by atoms with Gasteiger partial charge in [-0.15, -0.1) is 0 Å². The predicted molar refractivity (Wildman–Crippen MR) is 84.5 cm³/mol. The Kier molecular flexibility index (Phi) is 2.77. The maximum Gasteiger partial charge on any atom is 0.110 e. The lowest BCUT2D eigenvalue weighted by Gasteiger charge is -2.40. The van der Waals surface area contributed by atoms with Crippen LogP contribution in [0.3, 0.4) is 0 Å². The molecule has 0 amide bonds. The first-order valence-corrected chi connectivity index (χ1v) is 7.87. The number of hydrogen-bond donors (Lipinski definition) is 2. The molecule has 3 N–H and O–H groups in total. The van der Waals surface area contributed by atoms with Crippen molar-refractivity contribution in [3.8, 4) is 0 Å². The zero-order chi connectivity index (χ0) is 13.7. The van der Waals surface area contributed by atoms with Gasteiger partial charge in [0.05, 0.1) is 0 Å².